The van der Waals surface area contributed by atoms with E-state index in [0.29, 0.717) is 17.3 Å². The third-order valence-corrected chi connectivity index (χ3v) is 6.53. The lowest BCUT2D eigenvalue weighted by atomic mass is 10.2. The first kappa shape index (κ1) is 24.3. The highest BCUT2D eigenvalue weighted by Gasteiger charge is 2.27. The predicted molar refractivity (Wildman–Crippen MR) is 130 cm³/mol. The first-order valence-corrected chi connectivity index (χ1v) is 12.1. The topological polar surface area (TPSA) is 88.1 Å². The summed E-state index contributed by atoms with van der Waals surface area (Å²) in [6.45, 7) is 2.21. The molecule has 0 heterocycles. The van der Waals surface area contributed by atoms with Crippen molar-refractivity contribution in [2.45, 2.75) is 18.2 Å². The number of halogens is 1. The summed E-state index contributed by atoms with van der Waals surface area (Å²) in [6, 6.07) is 21.4. The highest BCUT2D eigenvalue weighted by molar-refractivity contribution is 7.92. The summed E-state index contributed by atoms with van der Waals surface area (Å²) in [5.74, 6) is 0.159. The lowest BCUT2D eigenvalue weighted by Gasteiger charge is -2.23. The molecule has 0 aromatic heterocycles. The van der Waals surface area contributed by atoms with Crippen molar-refractivity contribution in [3.8, 4) is 5.75 Å². The number of amides is 1. The number of hydrogen-bond acceptors (Lipinski definition) is 5. The molecule has 0 spiro atoms. The van der Waals surface area contributed by atoms with Gasteiger partial charge in [-0.05, 0) is 72.6 Å². The van der Waals surface area contributed by atoms with Crippen LogP contribution in [0.3, 0.4) is 0 Å². The van der Waals surface area contributed by atoms with E-state index in [1.165, 1.54) is 18.3 Å². The van der Waals surface area contributed by atoms with Gasteiger partial charge in [-0.2, -0.15) is 5.10 Å². The second-order valence-electron chi connectivity index (χ2n) is 7.01. The molecule has 7 nitrogen and oxygen atoms in total. The smallest absolute Gasteiger partial charge is 0.264 e. The highest BCUT2D eigenvalue weighted by Crippen LogP contribution is 2.25. The Bertz CT molecular complexity index is 1180. The lowest BCUT2D eigenvalue weighted by molar-refractivity contribution is -0.119. The van der Waals surface area contributed by atoms with Crippen LogP contribution in [0, 0.1) is 0 Å². The fraction of sp³-hybridized carbons (Fsp3) is 0.167. The number of nitrogens with zero attached hydrogens (tertiary/aromatic N) is 2. The van der Waals surface area contributed by atoms with Crippen LogP contribution in [0.15, 0.2) is 88.9 Å². The number of nitrogens with one attached hydrogen (secondary N) is 1. The van der Waals surface area contributed by atoms with Crippen LogP contribution in [-0.4, -0.2) is 33.7 Å². The molecule has 0 bridgehead atoms. The second kappa shape index (κ2) is 11.5. The van der Waals surface area contributed by atoms with Gasteiger partial charge in [-0.3, -0.25) is 9.10 Å². The summed E-state index contributed by atoms with van der Waals surface area (Å²) in [7, 11) is -3.99. The number of carbonyl (C=O) groups is 1. The van der Waals surface area contributed by atoms with Crippen molar-refractivity contribution in [2.75, 3.05) is 17.5 Å². The van der Waals surface area contributed by atoms with Crippen LogP contribution in [0.1, 0.15) is 18.9 Å². The summed E-state index contributed by atoms with van der Waals surface area (Å²) in [4.78, 5) is 12.6. The molecule has 0 aliphatic heterocycles. The van der Waals surface area contributed by atoms with Crippen LogP contribution in [0.25, 0.3) is 0 Å². The number of hydrogen-bond donors (Lipinski definition) is 1. The Hall–Kier alpha value is -3.36. The molecular weight excluding hydrogens is 462 g/mol. The molecule has 33 heavy (non-hydrogen) atoms. The van der Waals surface area contributed by atoms with Crippen molar-refractivity contribution in [1.82, 2.24) is 5.43 Å². The van der Waals surface area contributed by atoms with Gasteiger partial charge < -0.3 is 4.74 Å². The van der Waals surface area contributed by atoms with E-state index in [9.17, 15) is 13.2 Å². The minimum Gasteiger partial charge on any atom is -0.494 e. The Morgan fingerprint density at radius 2 is 1.70 bits per heavy atom. The third-order valence-electron chi connectivity index (χ3n) is 4.49. The van der Waals surface area contributed by atoms with Gasteiger partial charge >= 0.3 is 0 Å². The van der Waals surface area contributed by atoms with E-state index in [0.717, 1.165) is 22.0 Å². The zero-order chi connectivity index (χ0) is 23.7. The largest absolute Gasteiger partial charge is 0.494 e. The van der Waals surface area contributed by atoms with E-state index < -0.39 is 22.5 Å². The van der Waals surface area contributed by atoms with Crippen LogP contribution < -0.4 is 14.5 Å². The molecule has 1 N–H and O–H groups in total. The van der Waals surface area contributed by atoms with Gasteiger partial charge in [0.2, 0.25) is 0 Å². The van der Waals surface area contributed by atoms with Crippen LogP contribution in [-0.2, 0) is 14.8 Å². The van der Waals surface area contributed by atoms with Crippen molar-refractivity contribution in [3.05, 3.63) is 89.4 Å². The van der Waals surface area contributed by atoms with Gasteiger partial charge in [-0.25, -0.2) is 13.8 Å². The molecule has 0 saturated heterocycles. The molecular formula is C24H24ClN3O4S. The molecule has 172 valence electrons. The fourth-order valence-electron chi connectivity index (χ4n) is 2.86. The molecule has 3 aromatic carbocycles. The first-order chi connectivity index (χ1) is 15.9. The quantitative estimate of drug-likeness (QED) is 0.339. The number of carbonyl (C=O) groups excluding carboxylic acids is 1. The molecule has 1 amide bonds. The van der Waals surface area contributed by atoms with Crippen molar-refractivity contribution in [3.63, 3.8) is 0 Å². The summed E-state index contributed by atoms with van der Waals surface area (Å²) in [5.41, 5.74) is 3.45. The summed E-state index contributed by atoms with van der Waals surface area (Å²) >= 11 is 5.94. The van der Waals surface area contributed by atoms with Crippen LogP contribution >= 0.6 is 11.6 Å². The van der Waals surface area contributed by atoms with Crippen molar-refractivity contribution >= 4 is 39.4 Å². The zero-order valence-corrected chi connectivity index (χ0v) is 19.6. The van der Waals surface area contributed by atoms with Gasteiger partial charge in [0.05, 0.1) is 23.4 Å². The first-order valence-electron chi connectivity index (χ1n) is 10.3. The Kier molecular flexibility index (Phi) is 8.46. The molecule has 0 aliphatic carbocycles. The van der Waals surface area contributed by atoms with Gasteiger partial charge in [0.1, 0.15) is 12.3 Å². The Labute approximate surface area is 198 Å². The Morgan fingerprint density at radius 1 is 1.03 bits per heavy atom. The maximum absolute atomic E-state index is 13.2. The molecule has 0 atom stereocenters. The number of anilines is 1. The molecule has 0 aliphatic rings. The maximum Gasteiger partial charge on any atom is 0.264 e. The SMILES string of the molecule is CCCOc1ccc(/C=N\NC(=O)CN(c2ccc(Cl)cc2)S(=O)(=O)c2ccccc2)cc1. The monoisotopic (exact) mass is 485 g/mol. The van der Waals surface area contributed by atoms with Crippen LogP contribution in [0.5, 0.6) is 5.75 Å². The molecule has 0 fully saturated rings. The number of ether oxygens (including phenoxy) is 1. The molecule has 0 radical (unpaired) electrons. The highest BCUT2D eigenvalue weighted by atomic mass is 35.5. The Balaban J connectivity index is 1.72. The number of hydrazone groups is 1. The average molecular weight is 486 g/mol. The van der Waals surface area contributed by atoms with E-state index in [1.54, 1.807) is 54.6 Å². The van der Waals surface area contributed by atoms with Crippen molar-refractivity contribution in [1.29, 1.82) is 0 Å². The fourth-order valence-corrected chi connectivity index (χ4v) is 4.42. The van der Waals surface area contributed by atoms with Gasteiger partial charge in [0, 0.05) is 5.02 Å². The standard InChI is InChI=1S/C24H24ClN3O4S/c1-2-16-32-22-14-8-19(9-15-22)17-26-27-24(29)18-28(21-12-10-20(25)11-13-21)33(30,31)23-6-4-3-5-7-23/h3-15,17H,2,16,18H2,1H3,(H,27,29)/b26-17-. The Morgan fingerprint density at radius 3 is 2.33 bits per heavy atom. The van der Waals surface area contributed by atoms with Crippen molar-refractivity contribution < 1.29 is 17.9 Å². The zero-order valence-electron chi connectivity index (χ0n) is 18.0. The minimum atomic E-state index is -3.99. The summed E-state index contributed by atoms with van der Waals surface area (Å²) in [5, 5.41) is 4.40. The van der Waals surface area contributed by atoms with Crippen molar-refractivity contribution in [2.24, 2.45) is 5.10 Å². The molecule has 0 unspecified atom stereocenters. The van der Waals surface area contributed by atoms with Crippen LogP contribution in [0.4, 0.5) is 5.69 Å². The van der Waals surface area contributed by atoms with E-state index in [4.69, 9.17) is 16.3 Å². The van der Waals surface area contributed by atoms with E-state index in [-0.39, 0.29) is 4.90 Å². The lowest BCUT2D eigenvalue weighted by Crippen LogP contribution is -2.39. The van der Waals surface area contributed by atoms with E-state index >= 15 is 0 Å². The number of sulfonamides is 1. The molecule has 3 aromatic rings. The van der Waals surface area contributed by atoms with Gasteiger partial charge in [-0.1, -0.05) is 36.7 Å². The number of rotatable bonds is 10. The van der Waals surface area contributed by atoms with E-state index in [2.05, 4.69) is 10.5 Å². The molecule has 9 heteroatoms. The maximum atomic E-state index is 13.2. The molecule has 0 saturated carbocycles. The summed E-state index contributed by atoms with van der Waals surface area (Å²) < 4.78 is 33.0. The summed E-state index contributed by atoms with van der Waals surface area (Å²) in [6.07, 6.45) is 2.39. The minimum absolute atomic E-state index is 0.0710. The second-order valence-corrected chi connectivity index (χ2v) is 9.31. The predicted octanol–water partition coefficient (Wildman–Crippen LogP) is 4.47. The average Bonchev–Trinajstić information content (AvgIpc) is 2.83. The van der Waals surface area contributed by atoms with Crippen LogP contribution in [0.2, 0.25) is 5.02 Å². The van der Waals surface area contributed by atoms with Gasteiger partial charge in [0.25, 0.3) is 15.9 Å². The van der Waals surface area contributed by atoms with E-state index in [1.807, 2.05) is 19.1 Å². The van der Waals surface area contributed by atoms with Gasteiger partial charge in [-0.15, -0.1) is 0 Å². The number of benzene rings is 3. The third kappa shape index (κ3) is 6.81. The molecule has 3 rings (SSSR count). The van der Waals surface area contributed by atoms with Gasteiger partial charge in [0.15, 0.2) is 0 Å². The normalized spacial score (nSPS) is 11.3.